The molecule has 0 bridgehead atoms. The Morgan fingerprint density at radius 3 is 2.79 bits per heavy atom. The second kappa shape index (κ2) is 5.48. The minimum Gasteiger partial charge on any atom is -0.496 e. The lowest BCUT2D eigenvalue weighted by atomic mass is 9.78. The van der Waals surface area contributed by atoms with E-state index in [0.717, 1.165) is 12.1 Å². The van der Waals surface area contributed by atoms with E-state index >= 15 is 0 Å². The number of oxime groups is 1. The van der Waals surface area contributed by atoms with E-state index in [1.54, 1.807) is 7.11 Å². The number of amidine groups is 1. The van der Waals surface area contributed by atoms with Crippen molar-refractivity contribution in [3.8, 4) is 5.75 Å². The predicted molar refractivity (Wildman–Crippen MR) is 74.6 cm³/mol. The summed E-state index contributed by atoms with van der Waals surface area (Å²) in [6.45, 7) is 3.04. The Labute approximate surface area is 113 Å². The van der Waals surface area contributed by atoms with Crippen LogP contribution in [0.2, 0.25) is 0 Å². The van der Waals surface area contributed by atoms with Gasteiger partial charge in [0.05, 0.1) is 12.7 Å². The van der Waals surface area contributed by atoms with E-state index in [0.29, 0.717) is 11.3 Å². The van der Waals surface area contributed by atoms with Gasteiger partial charge >= 0.3 is 0 Å². The van der Waals surface area contributed by atoms with Crippen LogP contribution in [0.3, 0.4) is 0 Å². The van der Waals surface area contributed by atoms with Gasteiger partial charge in [-0.3, -0.25) is 0 Å². The van der Waals surface area contributed by atoms with Gasteiger partial charge in [-0.1, -0.05) is 11.2 Å². The summed E-state index contributed by atoms with van der Waals surface area (Å²) in [5.41, 5.74) is 7.60. The Morgan fingerprint density at radius 2 is 2.26 bits per heavy atom. The van der Waals surface area contributed by atoms with Crippen molar-refractivity contribution in [2.45, 2.75) is 38.3 Å². The molecule has 104 valence electrons. The molecule has 0 heterocycles. The Balaban J connectivity index is 2.10. The first-order valence-electron chi connectivity index (χ1n) is 6.48. The van der Waals surface area contributed by atoms with Crippen LogP contribution in [0.1, 0.15) is 37.3 Å². The van der Waals surface area contributed by atoms with Crippen LogP contribution in [-0.2, 0) is 6.54 Å². The summed E-state index contributed by atoms with van der Waals surface area (Å²) >= 11 is 0. The second-order valence-corrected chi connectivity index (χ2v) is 5.29. The van der Waals surface area contributed by atoms with Crippen molar-refractivity contribution in [1.82, 2.24) is 5.32 Å². The number of methoxy groups -OCH3 is 1. The van der Waals surface area contributed by atoms with E-state index in [9.17, 15) is 0 Å². The maximum atomic E-state index is 8.72. The summed E-state index contributed by atoms with van der Waals surface area (Å²) in [7, 11) is 1.58. The van der Waals surface area contributed by atoms with Gasteiger partial charge in [-0.25, -0.2) is 0 Å². The van der Waals surface area contributed by atoms with E-state index in [1.165, 1.54) is 19.3 Å². The Bertz CT molecular complexity index is 482. The number of nitrogens with zero attached hydrogens (tertiary/aromatic N) is 1. The molecule has 0 spiro atoms. The van der Waals surface area contributed by atoms with Gasteiger partial charge in [-0.2, -0.15) is 0 Å². The fraction of sp³-hybridized carbons (Fsp3) is 0.500. The highest BCUT2D eigenvalue weighted by molar-refractivity contribution is 5.99. The van der Waals surface area contributed by atoms with E-state index < -0.39 is 0 Å². The number of rotatable bonds is 5. The molecule has 4 N–H and O–H groups in total. The van der Waals surface area contributed by atoms with Gasteiger partial charge in [0, 0.05) is 12.1 Å². The number of hydrogen-bond acceptors (Lipinski definition) is 4. The van der Waals surface area contributed by atoms with Gasteiger partial charge in [0.25, 0.3) is 0 Å². The fourth-order valence-corrected chi connectivity index (χ4v) is 2.31. The quantitative estimate of drug-likeness (QED) is 0.328. The fourth-order valence-electron chi connectivity index (χ4n) is 2.31. The molecule has 1 aliphatic carbocycles. The lowest BCUT2D eigenvalue weighted by Gasteiger charge is -2.39. The third-order valence-corrected chi connectivity index (χ3v) is 3.83. The molecule has 2 rings (SSSR count). The largest absolute Gasteiger partial charge is 0.496 e. The summed E-state index contributed by atoms with van der Waals surface area (Å²) in [6, 6.07) is 5.70. The summed E-state index contributed by atoms with van der Waals surface area (Å²) in [6.07, 6.45) is 3.76. The standard InChI is InChI=1S/C14H21N3O2/c1-14(6-3-7-14)16-9-10-4-5-11(13(15)17-18)12(8-10)19-2/h4-5,8,16,18H,3,6-7,9H2,1-2H3,(H2,15,17). The van der Waals surface area contributed by atoms with E-state index in [1.807, 2.05) is 18.2 Å². The average Bonchev–Trinajstić information content (AvgIpc) is 2.41. The summed E-state index contributed by atoms with van der Waals surface area (Å²) in [4.78, 5) is 0. The van der Waals surface area contributed by atoms with E-state index in [2.05, 4.69) is 17.4 Å². The van der Waals surface area contributed by atoms with Gasteiger partial charge in [-0.05, 0) is 43.9 Å². The topological polar surface area (TPSA) is 79.9 Å². The van der Waals surface area contributed by atoms with Gasteiger partial charge in [0.1, 0.15) is 5.75 Å². The molecule has 1 aromatic rings. The monoisotopic (exact) mass is 263 g/mol. The molecule has 0 saturated heterocycles. The molecule has 19 heavy (non-hydrogen) atoms. The molecule has 0 radical (unpaired) electrons. The normalized spacial score (nSPS) is 17.9. The molecule has 1 fully saturated rings. The molecule has 0 unspecified atom stereocenters. The summed E-state index contributed by atoms with van der Waals surface area (Å²) in [5.74, 6) is 0.677. The molecule has 0 aliphatic heterocycles. The van der Waals surface area contributed by atoms with Crippen LogP contribution >= 0.6 is 0 Å². The highest BCUT2D eigenvalue weighted by Crippen LogP contribution is 2.31. The van der Waals surface area contributed by atoms with Crippen LogP contribution in [0, 0.1) is 0 Å². The van der Waals surface area contributed by atoms with E-state index in [-0.39, 0.29) is 11.4 Å². The Kier molecular flexibility index (Phi) is 3.95. The SMILES string of the molecule is COc1cc(CNC2(C)CCC2)ccc1/C(N)=N/O. The molecular weight excluding hydrogens is 242 g/mol. The van der Waals surface area contributed by atoms with E-state index in [4.69, 9.17) is 15.7 Å². The Morgan fingerprint density at radius 1 is 1.53 bits per heavy atom. The molecule has 1 saturated carbocycles. The predicted octanol–water partition coefficient (Wildman–Crippen LogP) is 1.82. The van der Waals surface area contributed by atoms with Gasteiger partial charge in [0.2, 0.25) is 0 Å². The molecule has 0 aromatic heterocycles. The van der Waals surface area contributed by atoms with Crippen molar-refractivity contribution in [1.29, 1.82) is 0 Å². The van der Waals surface area contributed by atoms with Crippen molar-refractivity contribution in [2.75, 3.05) is 7.11 Å². The smallest absolute Gasteiger partial charge is 0.173 e. The van der Waals surface area contributed by atoms with Crippen LogP contribution in [0.4, 0.5) is 0 Å². The first kappa shape index (κ1) is 13.7. The van der Waals surface area contributed by atoms with Crippen molar-refractivity contribution in [3.63, 3.8) is 0 Å². The molecular formula is C14H21N3O2. The number of benzene rings is 1. The van der Waals surface area contributed by atoms with Crippen LogP contribution in [0.5, 0.6) is 5.75 Å². The number of hydrogen-bond donors (Lipinski definition) is 3. The lowest BCUT2D eigenvalue weighted by molar-refractivity contribution is 0.206. The third-order valence-electron chi connectivity index (χ3n) is 3.83. The van der Waals surface area contributed by atoms with Crippen LogP contribution < -0.4 is 15.8 Å². The van der Waals surface area contributed by atoms with Crippen LogP contribution in [-0.4, -0.2) is 23.7 Å². The molecule has 1 aliphatic rings. The zero-order chi connectivity index (χ0) is 13.9. The summed E-state index contributed by atoms with van der Waals surface area (Å²) in [5, 5.41) is 15.3. The number of ether oxygens (including phenoxy) is 1. The lowest BCUT2D eigenvalue weighted by Crippen LogP contribution is -2.47. The average molecular weight is 263 g/mol. The second-order valence-electron chi connectivity index (χ2n) is 5.29. The highest BCUT2D eigenvalue weighted by Gasteiger charge is 2.30. The van der Waals surface area contributed by atoms with Crippen molar-refractivity contribution >= 4 is 5.84 Å². The van der Waals surface area contributed by atoms with Crippen molar-refractivity contribution in [3.05, 3.63) is 29.3 Å². The molecule has 0 amide bonds. The first-order valence-corrected chi connectivity index (χ1v) is 6.48. The molecule has 5 heteroatoms. The maximum Gasteiger partial charge on any atom is 0.173 e. The summed E-state index contributed by atoms with van der Waals surface area (Å²) < 4.78 is 5.28. The molecule has 1 aromatic carbocycles. The van der Waals surface area contributed by atoms with Gasteiger partial charge in [-0.15, -0.1) is 0 Å². The maximum absolute atomic E-state index is 8.72. The van der Waals surface area contributed by atoms with Crippen LogP contribution in [0.15, 0.2) is 23.4 Å². The van der Waals surface area contributed by atoms with Gasteiger partial charge in [0.15, 0.2) is 5.84 Å². The zero-order valence-electron chi connectivity index (χ0n) is 11.4. The zero-order valence-corrected chi connectivity index (χ0v) is 11.4. The van der Waals surface area contributed by atoms with Crippen LogP contribution in [0.25, 0.3) is 0 Å². The number of nitrogens with two attached hydrogens (primary N) is 1. The first-order chi connectivity index (χ1) is 9.08. The molecule has 5 nitrogen and oxygen atoms in total. The number of nitrogens with one attached hydrogen (secondary N) is 1. The highest BCUT2D eigenvalue weighted by atomic mass is 16.5. The molecule has 0 atom stereocenters. The third kappa shape index (κ3) is 2.98. The Hall–Kier alpha value is -1.75. The minimum atomic E-state index is 0.0577. The van der Waals surface area contributed by atoms with Crippen molar-refractivity contribution in [2.24, 2.45) is 10.9 Å². The minimum absolute atomic E-state index is 0.0577. The van der Waals surface area contributed by atoms with Gasteiger partial charge < -0.3 is 21.0 Å². The van der Waals surface area contributed by atoms with Crippen molar-refractivity contribution < 1.29 is 9.94 Å².